The largest absolute Gasteiger partial charge is 0.494 e. The molecule has 0 radical (unpaired) electrons. The van der Waals surface area contributed by atoms with Crippen molar-refractivity contribution < 1.29 is 18.8 Å². The van der Waals surface area contributed by atoms with Gasteiger partial charge in [-0.3, -0.25) is 10.1 Å². The van der Waals surface area contributed by atoms with Gasteiger partial charge in [0.15, 0.2) is 11.6 Å². The van der Waals surface area contributed by atoms with E-state index < -0.39 is 10.7 Å². The zero-order chi connectivity index (χ0) is 15.4. The van der Waals surface area contributed by atoms with E-state index >= 15 is 0 Å². The molecule has 1 aliphatic heterocycles. The number of methoxy groups -OCH3 is 1. The number of nitrogens with zero attached hydrogens (tertiary/aromatic N) is 2. The zero-order valence-corrected chi connectivity index (χ0v) is 12.2. The first kappa shape index (κ1) is 15.5. The molecule has 1 heterocycles. The number of rotatable bonds is 5. The highest BCUT2D eigenvalue weighted by molar-refractivity contribution is 5.66. The van der Waals surface area contributed by atoms with Gasteiger partial charge >= 0.3 is 0 Å². The molecule has 0 N–H and O–H groups in total. The molecule has 0 amide bonds. The Hall–Kier alpha value is -1.89. The van der Waals surface area contributed by atoms with Crippen LogP contribution in [0.5, 0.6) is 5.75 Å². The molecule has 21 heavy (non-hydrogen) atoms. The van der Waals surface area contributed by atoms with Crippen LogP contribution in [-0.4, -0.2) is 37.8 Å². The highest BCUT2D eigenvalue weighted by atomic mass is 19.1. The van der Waals surface area contributed by atoms with Gasteiger partial charge < -0.3 is 14.4 Å². The summed E-state index contributed by atoms with van der Waals surface area (Å²) in [5.74, 6) is -0.722. The molecule has 1 aromatic rings. The number of nitro benzene ring substituents is 1. The SMILES string of the molecule is CCO[C@@H]1CCCN(c2cc(OC)c(F)cc2[N+](=O)[O-])C1. The van der Waals surface area contributed by atoms with Crippen LogP contribution in [0.15, 0.2) is 12.1 Å². The van der Waals surface area contributed by atoms with Crippen LogP contribution in [0, 0.1) is 15.9 Å². The third-order valence-electron chi connectivity index (χ3n) is 3.57. The Morgan fingerprint density at radius 2 is 2.29 bits per heavy atom. The smallest absolute Gasteiger partial charge is 0.295 e. The molecule has 0 unspecified atom stereocenters. The lowest BCUT2D eigenvalue weighted by Gasteiger charge is -2.33. The Morgan fingerprint density at radius 1 is 1.52 bits per heavy atom. The fourth-order valence-corrected chi connectivity index (χ4v) is 2.62. The second-order valence-corrected chi connectivity index (χ2v) is 4.90. The normalized spacial score (nSPS) is 18.6. The average Bonchev–Trinajstić information content (AvgIpc) is 2.47. The van der Waals surface area contributed by atoms with Crippen LogP contribution in [0.4, 0.5) is 15.8 Å². The number of halogens is 1. The highest BCUT2D eigenvalue weighted by Crippen LogP contribution is 2.36. The van der Waals surface area contributed by atoms with Crippen LogP contribution in [0.1, 0.15) is 19.8 Å². The monoisotopic (exact) mass is 298 g/mol. The van der Waals surface area contributed by atoms with E-state index in [1.54, 1.807) is 0 Å². The third kappa shape index (κ3) is 3.41. The summed E-state index contributed by atoms with van der Waals surface area (Å²) < 4.78 is 24.2. The summed E-state index contributed by atoms with van der Waals surface area (Å²) >= 11 is 0. The number of anilines is 1. The predicted molar refractivity (Wildman–Crippen MR) is 76.5 cm³/mol. The van der Waals surface area contributed by atoms with Crippen molar-refractivity contribution in [2.45, 2.75) is 25.9 Å². The van der Waals surface area contributed by atoms with Crippen LogP contribution in [0.25, 0.3) is 0 Å². The number of piperidine rings is 1. The van der Waals surface area contributed by atoms with Crippen LogP contribution in [-0.2, 0) is 4.74 Å². The van der Waals surface area contributed by atoms with Crippen molar-refractivity contribution in [1.82, 2.24) is 0 Å². The van der Waals surface area contributed by atoms with E-state index in [0.717, 1.165) is 18.9 Å². The first-order chi connectivity index (χ1) is 10.1. The fourth-order valence-electron chi connectivity index (χ4n) is 2.62. The van der Waals surface area contributed by atoms with Crippen molar-refractivity contribution in [2.75, 3.05) is 31.7 Å². The van der Waals surface area contributed by atoms with Crippen molar-refractivity contribution in [2.24, 2.45) is 0 Å². The van der Waals surface area contributed by atoms with Gasteiger partial charge in [-0.05, 0) is 19.8 Å². The quantitative estimate of drug-likeness (QED) is 0.618. The summed E-state index contributed by atoms with van der Waals surface area (Å²) in [5.41, 5.74) is 0.133. The van der Waals surface area contributed by atoms with E-state index in [-0.39, 0.29) is 17.5 Å². The Labute approximate surface area is 122 Å². The molecule has 1 aromatic carbocycles. The van der Waals surface area contributed by atoms with Crippen LogP contribution < -0.4 is 9.64 Å². The van der Waals surface area contributed by atoms with Crippen LogP contribution in [0.2, 0.25) is 0 Å². The summed E-state index contributed by atoms with van der Waals surface area (Å²) in [5, 5.41) is 11.2. The Bertz CT molecular complexity index is 522. The van der Waals surface area contributed by atoms with Gasteiger partial charge in [0.05, 0.1) is 24.2 Å². The fraction of sp³-hybridized carbons (Fsp3) is 0.571. The standard InChI is InChI=1S/C14H19FN2O4/c1-3-21-10-5-4-6-16(9-10)12-8-14(20-2)11(15)7-13(12)17(18)19/h7-8,10H,3-6,9H2,1-2H3/t10-/m1/s1. The van der Waals surface area contributed by atoms with Gasteiger partial charge in [0.25, 0.3) is 5.69 Å². The first-order valence-corrected chi connectivity index (χ1v) is 6.95. The maximum atomic E-state index is 13.7. The molecule has 7 heteroatoms. The summed E-state index contributed by atoms with van der Waals surface area (Å²) in [4.78, 5) is 12.5. The van der Waals surface area contributed by atoms with Crippen molar-refractivity contribution in [3.63, 3.8) is 0 Å². The molecule has 0 spiro atoms. The minimum atomic E-state index is -0.730. The lowest BCUT2D eigenvalue weighted by Crippen LogP contribution is -2.40. The predicted octanol–water partition coefficient (Wildman–Crippen LogP) is 2.75. The zero-order valence-electron chi connectivity index (χ0n) is 12.2. The molecule has 0 bridgehead atoms. The minimum Gasteiger partial charge on any atom is -0.494 e. The summed E-state index contributed by atoms with van der Waals surface area (Å²) in [6.45, 7) is 3.76. The molecule has 116 valence electrons. The molecule has 6 nitrogen and oxygen atoms in total. The maximum Gasteiger partial charge on any atom is 0.295 e. The summed E-state index contributed by atoms with van der Waals surface area (Å²) in [6, 6.07) is 2.31. The number of hydrogen-bond acceptors (Lipinski definition) is 5. The third-order valence-corrected chi connectivity index (χ3v) is 3.57. The van der Waals surface area contributed by atoms with Crippen LogP contribution in [0.3, 0.4) is 0 Å². The molecule has 0 aliphatic carbocycles. The van der Waals surface area contributed by atoms with Gasteiger partial charge in [0, 0.05) is 25.8 Å². The van der Waals surface area contributed by atoms with Crippen molar-refractivity contribution >= 4 is 11.4 Å². The van der Waals surface area contributed by atoms with Gasteiger partial charge in [-0.1, -0.05) is 0 Å². The Kier molecular flexibility index (Phi) is 4.95. The molecular formula is C14H19FN2O4. The Morgan fingerprint density at radius 3 is 2.90 bits per heavy atom. The summed E-state index contributed by atoms with van der Waals surface area (Å²) in [7, 11) is 1.34. The van der Waals surface area contributed by atoms with E-state index in [1.807, 2.05) is 11.8 Å². The number of benzene rings is 1. The Balaban J connectivity index is 2.34. The second kappa shape index (κ2) is 6.71. The molecular weight excluding hydrogens is 279 g/mol. The van der Waals surface area contributed by atoms with Gasteiger partial charge in [0.2, 0.25) is 0 Å². The van der Waals surface area contributed by atoms with E-state index in [4.69, 9.17) is 9.47 Å². The van der Waals surface area contributed by atoms with Crippen LogP contribution >= 0.6 is 0 Å². The van der Waals surface area contributed by atoms with Gasteiger partial charge in [-0.25, -0.2) is 4.39 Å². The van der Waals surface area contributed by atoms with Crippen molar-refractivity contribution in [3.05, 3.63) is 28.1 Å². The topological polar surface area (TPSA) is 64.8 Å². The van der Waals surface area contributed by atoms with E-state index in [2.05, 4.69) is 0 Å². The van der Waals surface area contributed by atoms with Gasteiger partial charge in [-0.2, -0.15) is 0 Å². The van der Waals surface area contributed by atoms with E-state index in [9.17, 15) is 14.5 Å². The molecule has 1 fully saturated rings. The van der Waals surface area contributed by atoms with E-state index in [1.165, 1.54) is 13.2 Å². The summed E-state index contributed by atoms with van der Waals surface area (Å²) in [6.07, 6.45) is 1.84. The molecule has 0 aromatic heterocycles. The lowest BCUT2D eigenvalue weighted by atomic mass is 10.1. The number of hydrogen-bond donors (Lipinski definition) is 0. The lowest BCUT2D eigenvalue weighted by molar-refractivity contribution is -0.384. The second-order valence-electron chi connectivity index (χ2n) is 4.90. The molecule has 1 saturated heterocycles. The van der Waals surface area contributed by atoms with E-state index in [0.29, 0.717) is 25.4 Å². The molecule has 2 rings (SSSR count). The average molecular weight is 298 g/mol. The highest BCUT2D eigenvalue weighted by Gasteiger charge is 2.27. The number of nitro groups is 1. The maximum absolute atomic E-state index is 13.7. The first-order valence-electron chi connectivity index (χ1n) is 6.95. The molecule has 1 aliphatic rings. The van der Waals surface area contributed by atoms with Crippen molar-refractivity contribution in [3.8, 4) is 5.75 Å². The van der Waals surface area contributed by atoms with Gasteiger partial charge in [-0.15, -0.1) is 0 Å². The minimum absolute atomic E-state index is 0.00846. The molecule has 0 saturated carbocycles. The number of ether oxygens (including phenoxy) is 2. The van der Waals surface area contributed by atoms with Gasteiger partial charge in [0.1, 0.15) is 5.69 Å². The molecule has 1 atom stereocenters. The van der Waals surface area contributed by atoms with Crippen molar-refractivity contribution in [1.29, 1.82) is 0 Å².